The zero-order valence-electron chi connectivity index (χ0n) is 11.5. The van der Waals surface area contributed by atoms with Crippen LogP contribution in [0.25, 0.3) is 11.0 Å². The first kappa shape index (κ1) is 14.4. The van der Waals surface area contributed by atoms with E-state index in [-0.39, 0.29) is 5.54 Å². The summed E-state index contributed by atoms with van der Waals surface area (Å²) in [6.45, 7) is 3.85. The van der Waals surface area contributed by atoms with E-state index in [1.54, 1.807) is 0 Å². The molecule has 0 spiro atoms. The molecule has 2 heterocycles. The highest BCUT2D eigenvalue weighted by Gasteiger charge is 2.33. The van der Waals surface area contributed by atoms with E-state index in [4.69, 9.17) is 21.3 Å². The van der Waals surface area contributed by atoms with Gasteiger partial charge in [-0.2, -0.15) is 0 Å². The van der Waals surface area contributed by atoms with Crippen molar-refractivity contribution in [1.29, 1.82) is 0 Å². The van der Waals surface area contributed by atoms with Gasteiger partial charge < -0.3 is 9.30 Å². The van der Waals surface area contributed by atoms with Crippen molar-refractivity contribution >= 4 is 38.6 Å². The average Bonchev–Trinajstić information content (AvgIpc) is 2.78. The number of imidazole rings is 1. The van der Waals surface area contributed by atoms with E-state index in [1.807, 2.05) is 6.07 Å². The minimum atomic E-state index is -0.0326. The zero-order valence-corrected chi connectivity index (χ0v) is 13.9. The Morgan fingerprint density at radius 2 is 2.35 bits per heavy atom. The standard InChI is InChI=1S/C15H18BrClN2O/c1-15(6-2-8-20-10-15)19-13-9-11(16)3-4-12(13)18-14(19)5-7-17/h3-4,9H,2,5-8,10H2,1H3. The van der Waals surface area contributed by atoms with Crippen molar-refractivity contribution in [3.63, 3.8) is 0 Å². The van der Waals surface area contributed by atoms with E-state index < -0.39 is 0 Å². The summed E-state index contributed by atoms with van der Waals surface area (Å²) in [6.07, 6.45) is 2.98. The predicted molar refractivity (Wildman–Crippen MR) is 85.6 cm³/mol. The van der Waals surface area contributed by atoms with Crippen molar-refractivity contribution < 1.29 is 4.74 Å². The lowest BCUT2D eigenvalue weighted by atomic mass is 9.94. The van der Waals surface area contributed by atoms with Crippen molar-refractivity contribution in [3.8, 4) is 0 Å². The lowest BCUT2D eigenvalue weighted by Crippen LogP contribution is -2.40. The molecule has 0 amide bonds. The third kappa shape index (κ3) is 2.49. The quantitative estimate of drug-likeness (QED) is 0.773. The fraction of sp³-hybridized carbons (Fsp3) is 0.533. The molecule has 2 aromatic rings. The van der Waals surface area contributed by atoms with E-state index >= 15 is 0 Å². The Balaban J connectivity index is 2.19. The van der Waals surface area contributed by atoms with Crippen LogP contribution in [0, 0.1) is 0 Å². The number of ether oxygens (including phenoxy) is 1. The van der Waals surface area contributed by atoms with Crippen LogP contribution in [0.3, 0.4) is 0 Å². The smallest absolute Gasteiger partial charge is 0.111 e. The number of aryl methyl sites for hydroxylation is 1. The van der Waals surface area contributed by atoms with E-state index in [2.05, 4.69) is 39.6 Å². The third-order valence-electron chi connectivity index (χ3n) is 3.96. The maximum absolute atomic E-state index is 5.96. The van der Waals surface area contributed by atoms with Crippen LogP contribution in [0.4, 0.5) is 0 Å². The lowest BCUT2D eigenvalue weighted by molar-refractivity contribution is 0.0102. The molecule has 0 radical (unpaired) electrons. The molecule has 5 heteroatoms. The van der Waals surface area contributed by atoms with Gasteiger partial charge in [-0.15, -0.1) is 11.6 Å². The van der Waals surface area contributed by atoms with Crippen LogP contribution in [-0.2, 0) is 16.7 Å². The van der Waals surface area contributed by atoms with Crippen molar-refractivity contribution in [3.05, 3.63) is 28.5 Å². The van der Waals surface area contributed by atoms with Crippen LogP contribution in [0.1, 0.15) is 25.6 Å². The maximum atomic E-state index is 5.96. The van der Waals surface area contributed by atoms with Crippen LogP contribution in [0.15, 0.2) is 22.7 Å². The van der Waals surface area contributed by atoms with Gasteiger partial charge in [0.15, 0.2) is 0 Å². The van der Waals surface area contributed by atoms with Crippen LogP contribution >= 0.6 is 27.5 Å². The Morgan fingerprint density at radius 1 is 1.50 bits per heavy atom. The van der Waals surface area contributed by atoms with Gasteiger partial charge in [0.25, 0.3) is 0 Å². The van der Waals surface area contributed by atoms with Crippen LogP contribution < -0.4 is 0 Å². The zero-order chi connectivity index (χ0) is 14.2. The van der Waals surface area contributed by atoms with E-state index in [0.29, 0.717) is 5.88 Å². The first-order valence-electron chi connectivity index (χ1n) is 6.95. The highest BCUT2D eigenvalue weighted by molar-refractivity contribution is 9.10. The van der Waals surface area contributed by atoms with Gasteiger partial charge >= 0.3 is 0 Å². The highest BCUT2D eigenvalue weighted by Crippen LogP contribution is 2.33. The minimum Gasteiger partial charge on any atom is -0.379 e. The molecule has 1 unspecified atom stereocenters. The molecule has 1 fully saturated rings. The van der Waals surface area contributed by atoms with Gasteiger partial charge in [-0.25, -0.2) is 4.98 Å². The second-order valence-electron chi connectivity index (χ2n) is 5.59. The van der Waals surface area contributed by atoms with Crippen molar-refractivity contribution in [2.24, 2.45) is 0 Å². The minimum absolute atomic E-state index is 0.0326. The molecule has 108 valence electrons. The van der Waals surface area contributed by atoms with Crippen molar-refractivity contribution in [2.45, 2.75) is 31.7 Å². The molecule has 1 aromatic heterocycles. The molecule has 1 aliphatic rings. The third-order valence-corrected chi connectivity index (χ3v) is 4.64. The summed E-state index contributed by atoms with van der Waals surface area (Å²) in [5.74, 6) is 1.64. The van der Waals surface area contributed by atoms with Gasteiger partial charge in [-0.3, -0.25) is 0 Å². The lowest BCUT2D eigenvalue weighted by Gasteiger charge is -2.36. The highest BCUT2D eigenvalue weighted by atomic mass is 79.9. The Kier molecular flexibility index (Phi) is 4.07. The molecule has 0 saturated carbocycles. The molecule has 3 nitrogen and oxygen atoms in total. The molecular weight excluding hydrogens is 340 g/mol. The molecular formula is C15H18BrClN2O. The second-order valence-corrected chi connectivity index (χ2v) is 6.88. The predicted octanol–water partition coefficient (Wildman–Crippen LogP) is 4.11. The number of fused-ring (bicyclic) bond motifs is 1. The number of rotatable bonds is 3. The summed E-state index contributed by atoms with van der Waals surface area (Å²) in [5.41, 5.74) is 2.16. The van der Waals surface area contributed by atoms with Crippen LogP contribution in [0.5, 0.6) is 0 Å². The number of alkyl halides is 1. The molecule has 1 aromatic carbocycles. The summed E-state index contributed by atoms with van der Waals surface area (Å²) >= 11 is 9.52. The van der Waals surface area contributed by atoms with E-state index in [0.717, 1.165) is 53.8 Å². The number of halogens is 2. The van der Waals surface area contributed by atoms with Gasteiger partial charge in [0.1, 0.15) is 5.82 Å². The topological polar surface area (TPSA) is 27.1 Å². The first-order chi connectivity index (χ1) is 9.64. The second kappa shape index (κ2) is 5.66. The largest absolute Gasteiger partial charge is 0.379 e. The summed E-state index contributed by atoms with van der Waals surface area (Å²) in [7, 11) is 0. The Hall–Kier alpha value is -0.580. The van der Waals surface area contributed by atoms with Crippen molar-refractivity contribution in [2.75, 3.05) is 19.1 Å². The van der Waals surface area contributed by atoms with Gasteiger partial charge in [0.2, 0.25) is 0 Å². The summed E-state index contributed by atoms with van der Waals surface area (Å²) in [5, 5.41) is 0. The molecule has 20 heavy (non-hydrogen) atoms. The molecule has 0 aliphatic carbocycles. The van der Waals surface area contributed by atoms with Gasteiger partial charge in [0, 0.05) is 23.4 Å². The van der Waals surface area contributed by atoms with Gasteiger partial charge in [-0.05, 0) is 38.0 Å². The molecule has 1 atom stereocenters. The van der Waals surface area contributed by atoms with Crippen molar-refractivity contribution in [1.82, 2.24) is 9.55 Å². The van der Waals surface area contributed by atoms with E-state index in [1.165, 1.54) is 0 Å². The number of benzene rings is 1. The van der Waals surface area contributed by atoms with Gasteiger partial charge in [0.05, 0.1) is 23.2 Å². The number of aromatic nitrogens is 2. The Labute approximate surface area is 132 Å². The summed E-state index contributed by atoms with van der Waals surface area (Å²) in [6, 6.07) is 6.23. The normalized spacial score (nSPS) is 23.4. The Morgan fingerprint density at radius 3 is 3.05 bits per heavy atom. The van der Waals surface area contributed by atoms with Crippen LogP contribution in [0.2, 0.25) is 0 Å². The molecule has 1 saturated heterocycles. The fourth-order valence-corrected chi connectivity index (χ4v) is 3.57. The van der Waals surface area contributed by atoms with Crippen LogP contribution in [-0.4, -0.2) is 28.6 Å². The number of nitrogens with zero attached hydrogens (tertiary/aromatic N) is 2. The fourth-order valence-electron chi connectivity index (χ4n) is 3.05. The summed E-state index contributed by atoms with van der Waals surface area (Å²) in [4.78, 5) is 4.77. The number of hydrogen-bond donors (Lipinski definition) is 0. The monoisotopic (exact) mass is 356 g/mol. The van der Waals surface area contributed by atoms with Gasteiger partial charge in [-0.1, -0.05) is 15.9 Å². The molecule has 1 aliphatic heterocycles. The summed E-state index contributed by atoms with van der Waals surface area (Å²) < 4.78 is 9.14. The Bertz CT molecular complexity index is 620. The maximum Gasteiger partial charge on any atom is 0.111 e. The molecule has 3 rings (SSSR count). The average molecular weight is 358 g/mol. The number of hydrogen-bond acceptors (Lipinski definition) is 2. The molecule has 0 bridgehead atoms. The molecule has 0 N–H and O–H groups in total. The SMILES string of the molecule is CC1(n2c(CCCl)nc3ccc(Br)cc32)CCCOC1. The first-order valence-corrected chi connectivity index (χ1v) is 8.28. The van der Waals surface area contributed by atoms with E-state index in [9.17, 15) is 0 Å².